The van der Waals surface area contributed by atoms with Crippen LogP contribution in [0, 0.1) is 35.4 Å². The van der Waals surface area contributed by atoms with Gasteiger partial charge >= 0.3 is 0 Å². The Morgan fingerprint density at radius 1 is 0.857 bits per heavy atom. The highest BCUT2D eigenvalue weighted by molar-refractivity contribution is 6.30. The maximum absolute atomic E-state index is 13.9. The molecule has 2 saturated carbocycles. The summed E-state index contributed by atoms with van der Waals surface area (Å²) in [5, 5.41) is 0.296. The van der Waals surface area contributed by atoms with Crippen LogP contribution < -0.4 is 0 Å². The van der Waals surface area contributed by atoms with Crippen molar-refractivity contribution in [2.45, 2.75) is 96.8 Å². The van der Waals surface area contributed by atoms with Gasteiger partial charge in [0.2, 0.25) is 0 Å². The van der Waals surface area contributed by atoms with E-state index < -0.39 is 0 Å². The third-order valence-electron chi connectivity index (χ3n) is 8.40. The first-order valence-electron chi connectivity index (χ1n) is 12.1. The monoisotopic (exact) mass is 404 g/mol. The molecule has 2 heteroatoms. The number of aryl methyl sites for hydroxylation is 1. The van der Waals surface area contributed by atoms with Gasteiger partial charge in [0.1, 0.15) is 5.82 Å². The van der Waals surface area contributed by atoms with E-state index in [0.29, 0.717) is 5.02 Å². The number of hydrogen-bond donors (Lipinski definition) is 0. The maximum atomic E-state index is 13.9. The molecule has 0 radical (unpaired) electrons. The molecule has 3 aliphatic rings. The molecule has 0 nitrogen and oxygen atoms in total. The lowest BCUT2D eigenvalue weighted by molar-refractivity contribution is 0.0689. The highest BCUT2D eigenvalue weighted by atomic mass is 35.5. The molecule has 0 N–H and O–H groups in total. The molecule has 2 fully saturated rings. The lowest BCUT2D eigenvalue weighted by atomic mass is 9.61. The van der Waals surface area contributed by atoms with Crippen LogP contribution in [0.2, 0.25) is 5.02 Å². The van der Waals surface area contributed by atoms with Crippen molar-refractivity contribution in [1.29, 1.82) is 0 Å². The third-order valence-corrected chi connectivity index (χ3v) is 8.69. The summed E-state index contributed by atoms with van der Waals surface area (Å²) in [5.41, 5.74) is 2.52. The summed E-state index contributed by atoms with van der Waals surface area (Å²) in [6.07, 6.45) is 19.4. The fourth-order valence-electron chi connectivity index (χ4n) is 6.75. The first kappa shape index (κ1) is 20.7. The second-order valence-electron chi connectivity index (χ2n) is 10.2. The molecule has 0 spiro atoms. The minimum atomic E-state index is -0.234. The van der Waals surface area contributed by atoms with Crippen LogP contribution in [0.25, 0.3) is 0 Å². The van der Waals surface area contributed by atoms with Crippen molar-refractivity contribution in [3.05, 3.63) is 34.1 Å². The lowest BCUT2D eigenvalue weighted by Gasteiger charge is -2.45. The van der Waals surface area contributed by atoms with E-state index in [0.717, 1.165) is 42.4 Å². The summed E-state index contributed by atoms with van der Waals surface area (Å²) in [5.74, 6) is 4.41. The van der Waals surface area contributed by atoms with Gasteiger partial charge in [0.15, 0.2) is 0 Å². The molecule has 156 valence electrons. The molecule has 1 aromatic rings. The summed E-state index contributed by atoms with van der Waals surface area (Å²) >= 11 is 5.99. The van der Waals surface area contributed by atoms with E-state index in [9.17, 15) is 4.39 Å². The van der Waals surface area contributed by atoms with Crippen molar-refractivity contribution in [3.8, 4) is 0 Å². The average Bonchev–Trinajstić information content (AvgIpc) is 2.71. The lowest BCUT2D eigenvalue weighted by Crippen LogP contribution is -2.35. The van der Waals surface area contributed by atoms with Crippen molar-refractivity contribution >= 4 is 11.6 Å². The van der Waals surface area contributed by atoms with Gasteiger partial charge in [-0.05, 0) is 104 Å². The largest absolute Gasteiger partial charge is 0.205 e. The second-order valence-corrected chi connectivity index (χ2v) is 10.6. The van der Waals surface area contributed by atoms with Gasteiger partial charge in [-0.15, -0.1) is 0 Å². The van der Waals surface area contributed by atoms with Crippen LogP contribution in [0.5, 0.6) is 0 Å². The summed E-state index contributed by atoms with van der Waals surface area (Å²) in [4.78, 5) is 0. The summed E-state index contributed by atoms with van der Waals surface area (Å²) in [6.45, 7) is 2.31. The molecule has 4 rings (SSSR count). The zero-order chi connectivity index (χ0) is 19.5. The molecular formula is C26H38ClF. The molecule has 0 aliphatic heterocycles. The van der Waals surface area contributed by atoms with Crippen molar-refractivity contribution in [2.24, 2.45) is 29.6 Å². The van der Waals surface area contributed by atoms with Gasteiger partial charge in [0, 0.05) is 0 Å². The Kier molecular flexibility index (Phi) is 7.02. The zero-order valence-corrected chi connectivity index (χ0v) is 18.5. The van der Waals surface area contributed by atoms with Gasteiger partial charge < -0.3 is 0 Å². The van der Waals surface area contributed by atoms with Crippen molar-refractivity contribution in [1.82, 2.24) is 0 Å². The van der Waals surface area contributed by atoms with Crippen molar-refractivity contribution in [2.75, 3.05) is 0 Å². The fraction of sp³-hybridized carbons (Fsp3) is 0.769. The highest BCUT2D eigenvalue weighted by Gasteiger charge is 2.38. The quantitative estimate of drug-likeness (QED) is 0.417. The van der Waals surface area contributed by atoms with E-state index in [1.54, 1.807) is 6.07 Å². The number of halogens is 2. The number of fused-ring (bicyclic) bond motifs is 2. The van der Waals surface area contributed by atoms with E-state index >= 15 is 0 Å². The maximum Gasteiger partial charge on any atom is 0.142 e. The third kappa shape index (κ3) is 4.77. The van der Waals surface area contributed by atoms with Gasteiger partial charge in [-0.2, -0.15) is 0 Å². The molecule has 0 aromatic heterocycles. The molecular weight excluding hydrogens is 367 g/mol. The molecule has 0 bridgehead atoms. The van der Waals surface area contributed by atoms with Gasteiger partial charge in [-0.1, -0.05) is 57.0 Å². The molecule has 3 aliphatic carbocycles. The normalized spacial score (nSPS) is 32.6. The molecule has 5 atom stereocenters. The Morgan fingerprint density at radius 3 is 2.43 bits per heavy atom. The molecule has 0 heterocycles. The summed E-state index contributed by atoms with van der Waals surface area (Å²) in [6, 6.07) is 3.60. The van der Waals surface area contributed by atoms with Gasteiger partial charge in [-0.25, -0.2) is 4.39 Å². The molecule has 0 saturated heterocycles. The fourth-order valence-corrected chi connectivity index (χ4v) is 6.94. The van der Waals surface area contributed by atoms with Gasteiger partial charge in [0.25, 0.3) is 0 Å². The first-order valence-corrected chi connectivity index (χ1v) is 12.5. The van der Waals surface area contributed by atoms with Crippen LogP contribution in [0.15, 0.2) is 12.1 Å². The Balaban J connectivity index is 1.29. The predicted octanol–water partition coefficient (Wildman–Crippen LogP) is 8.39. The van der Waals surface area contributed by atoms with Crippen LogP contribution in [0.1, 0.15) is 95.1 Å². The van der Waals surface area contributed by atoms with Crippen molar-refractivity contribution in [3.63, 3.8) is 0 Å². The summed E-state index contributed by atoms with van der Waals surface area (Å²) < 4.78 is 13.9. The molecule has 0 amide bonds. The number of hydrogen-bond acceptors (Lipinski definition) is 0. The predicted molar refractivity (Wildman–Crippen MR) is 117 cm³/mol. The van der Waals surface area contributed by atoms with E-state index in [-0.39, 0.29) is 5.82 Å². The standard InChI is InChI=1S/C26H38ClF/c1-2-3-4-5-6-18-7-8-20-14-21(10-9-19(20)13-18)22-11-12-23-16-25(27)26(28)17-24(23)15-22/h16-22H,2-15H2,1H3. The number of rotatable bonds is 6. The molecule has 5 unspecified atom stereocenters. The minimum Gasteiger partial charge on any atom is -0.205 e. The number of unbranched alkanes of at least 4 members (excludes halogenated alkanes) is 3. The van der Waals surface area contributed by atoms with Crippen LogP contribution in [0.4, 0.5) is 4.39 Å². The smallest absolute Gasteiger partial charge is 0.142 e. The van der Waals surface area contributed by atoms with Crippen LogP contribution in [0.3, 0.4) is 0 Å². The Bertz CT molecular complexity index is 654. The Hall–Kier alpha value is -0.560. The van der Waals surface area contributed by atoms with E-state index in [1.165, 1.54) is 88.2 Å². The van der Waals surface area contributed by atoms with E-state index in [1.807, 2.05) is 6.07 Å². The van der Waals surface area contributed by atoms with Crippen LogP contribution >= 0.6 is 11.6 Å². The Labute approximate surface area is 176 Å². The first-order chi connectivity index (χ1) is 13.6. The Morgan fingerprint density at radius 2 is 1.61 bits per heavy atom. The van der Waals surface area contributed by atoms with Gasteiger partial charge in [0.05, 0.1) is 5.02 Å². The second kappa shape index (κ2) is 9.50. The number of benzene rings is 1. The SMILES string of the molecule is CCCCCCC1CCC2CC(C3CCc4cc(Cl)c(F)cc4C3)CCC2C1. The zero-order valence-electron chi connectivity index (χ0n) is 17.7. The average molecular weight is 405 g/mol. The van der Waals surface area contributed by atoms with E-state index in [2.05, 4.69) is 6.92 Å². The van der Waals surface area contributed by atoms with Gasteiger partial charge in [-0.3, -0.25) is 0 Å². The molecule has 28 heavy (non-hydrogen) atoms. The van der Waals surface area contributed by atoms with E-state index in [4.69, 9.17) is 11.6 Å². The van der Waals surface area contributed by atoms with Crippen molar-refractivity contribution < 1.29 is 4.39 Å². The highest BCUT2D eigenvalue weighted by Crippen LogP contribution is 2.49. The van der Waals surface area contributed by atoms with Crippen LogP contribution in [-0.2, 0) is 12.8 Å². The van der Waals surface area contributed by atoms with Crippen LogP contribution in [-0.4, -0.2) is 0 Å². The molecule has 1 aromatic carbocycles. The minimum absolute atomic E-state index is 0.234. The topological polar surface area (TPSA) is 0 Å². The summed E-state index contributed by atoms with van der Waals surface area (Å²) in [7, 11) is 0.